The van der Waals surface area contributed by atoms with Crippen molar-refractivity contribution in [2.45, 2.75) is 38.3 Å². The smallest absolute Gasteiger partial charge is 0.275 e. The number of ether oxygens (including phenoxy) is 1. The molecule has 0 atom stereocenters. The fourth-order valence-corrected chi connectivity index (χ4v) is 3.53. The van der Waals surface area contributed by atoms with Gasteiger partial charge in [-0.2, -0.15) is 4.52 Å². The average Bonchev–Trinajstić information content (AvgIpc) is 3.24. The van der Waals surface area contributed by atoms with Gasteiger partial charge in [0, 0.05) is 31.1 Å². The van der Waals surface area contributed by atoms with Crippen LogP contribution in [0.5, 0.6) is 5.88 Å². The highest BCUT2D eigenvalue weighted by Crippen LogP contribution is 2.23. The molecular weight excluding hydrogens is 326 g/mol. The summed E-state index contributed by atoms with van der Waals surface area (Å²) in [6.45, 7) is 0.575. The first-order valence-corrected chi connectivity index (χ1v) is 8.80. The summed E-state index contributed by atoms with van der Waals surface area (Å²) in [6, 6.07) is 5.28. The molecule has 0 amide bonds. The molecule has 8 heteroatoms. The number of nitrogens with one attached hydrogen (secondary N) is 1. The second-order valence-electron chi connectivity index (χ2n) is 5.77. The van der Waals surface area contributed by atoms with Gasteiger partial charge >= 0.3 is 0 Å². The second-order valence-corrected chi connectivity index (χ2v) is 6.72. The average molecular weight is 343 g/mol. The van der Waals surface area contributed by atoms with Gasteiger partial charge in [0.25, 0.3) is 5.56 Å². The largest absolute Gasteiger partial charge is 0.474 e. The molecule has 1 saturated carbocycles. The van der Waals surface area contributed by atoms with Crippen molar-refractivity contribution < 1.29 is 4.74 Å². The maximum absolute atomic E-state index is 11.7. The van der Waals surface area contributed by atoms with Gasteiger partial charge in [-0.15, -0.1) is 5.10 Å². The summed E-state index contributed by atoms with van der Waals surface area (Å²) >= 11 is 1.34. The normalized spacial score (nSPS) is 15.0. The molecule has 124 valence electrons. The maximum atomic E-state index is 11.7. The Kier molecular flexibility index (Phi) is 4.12. The quantitative estimate of drug-likeness (QED) is 0.766. The first kappa shape index (κ1) is 15.1. The van der Waals surface area contributed by atoms with Crippen LogP contribution < -0.4 is 15.6 Å². The minimum Gasteiger partial charge on any atom is -0.474 e. The van der Waals surface area contributed by atoms with Crippen molar-refractivity contribution in [2.24, 2.45) is 0 Å². The van der Waals surface area contributed by atoms with Crippen molar-refractivity contribution in [3.63, 3.8) is 0 Å². The summed E-state index contributed by atoms with van der Waals surface area (Å²) in [4.78, 5) is 20.7. The third kappa shape index (κ3) is 3.23. The van der Waals surface area contributed by atoms with Gasteiger partial charge in [0.05, 0.1) is 0 Å². The van der Waals surface area contributed by atoms with Crippen LogP contribution in [-0.4, -0.2) is 25.7 Å². The minimum absolute atomic E-state index is 0.181. The Hall–Kier alpha value is -2.48. The predicted octanol–water partition coefficient (Wildman–Crippen LogP) is 2.48. The highest BCUT2D eigenvalue weighted by Gasteiger charge is 2.16. The monoisotopic (exact) mass is 343 g/mol. The van der Waals surface area contributed by atoms with Gasteiger partial charge < -0.3 is 10.1 Å². The van der Waals surface area contributed by atoms with Gasteiger partial charge in [0.15, 0.2) is 0 Å². The Morgan fingerprint density at radius 3 is 2.88 bits per heavy atom. The van der Waals surface area contributed by atoms with E-state index in [9.17, 15) is 4.79 Å². The number of aromatic nitrogens is 4. The fraction of sp³-hybridized carbons (Fsp3) is 0.375. The fourth-order valence-electron chi connectivity index (χ4n) is 2.75. The first-order valence-electron chi connectivity index (χ1n) is 7.98. The zero-order valence-corrected chi connectivity index (χ0v) is 13.8. The number of nitrogens with zero attached hydrogens (tertiary/aromatic N) is 4. The Labute approximate surface area is 142 Å². The van der Waals surface area contributed by atoms with E-state index in [1.54, 1.807) is 6.20 Å². The Morgan fingerprint density at radius 1 is 1.25 bits per heavy atom. The molecule has 0 aliphatic heterocycles. The van der Waals surface area contributed by atoms with E-state index in [4.69, 9.17) is 4.74 Å². The predicted molar refractivity (Wildman–Crippen MR) is 91.6 cm³/mol. The van der Waals surface area contributed by atoms with E-state index in [2.05, 4.69) is 20.4 Å². The van der Waals surface area contributed by atoms with E-state index in [1.165, 1.54) is 41.0 Å². The highest BCUT2D eigenvalue weighted by atomic mass is 32.1. The SMILES string of the molecule is O=c1ccnc2sc(NCc3ccc(OC4CCCC4)nc3)nn12. The van der Waals surface area contributed by atoms with Crippen LogP contribution in [-0.2, 0) is 6.54 Å². The van der Waals surface area contributed by atoms with Crippen molar-refractivity contribution in [1.82, 2.24) is 19.6 Å². The van der Waals surface area contributed by atoms with Crippen molar-refractivity contribution in [2.75, 3.05) is 5.32 Å². The van der Waals surface area contributed by atoms with E-state index < -0.39 is 0 Å². The van der Waals surface area contributed by atoms with Crippen molar-refractivity contribution in [3.8, 4) is 5.88 Å². The lowest BCUT2D eigenvalue weighted by molar-refractivity contribution is 0.201. The molecule has 0 bridgehead atoms. The van der Waals surface area contributed by atoms with Gasteiger partial charge in [-0.1, -0.05) is 17.4 Å². The Balaban J connectivity index is 1.39. The van der Waals surface area contributed by atoms with Crippen molar-refractivity contribution in [1.29, 1.82) is 0 Å². The Bertz CT molecular complexity index is 883. The highest BCUT2D eigenvalue weighted by molar-refractivity contribution is 7.20. The van der Waals surface area contributed by atoms with Crippen LogP contribution in [0.25, 0.3) is 4.96 Å². The van der Waals surface area contributed by atoms with E-state index in [-0.39, 0.29) is 5.56 Å². The topological polar surface area (TPSA) is 81.4 Å². The molecule has 1 fully saturated rings. The molecule has 0 radical (unpaired) electrons. The third-order valence-electron chi connectivity index (χ3n) is 4.00. The van der Waals surface area contributed by atoms with Crippen molar-refractivity contribution >= 4 is 21.4 Å². The number of hydrogen-bond donors (Lipinski definition) is 1. The van der Waals surface area contributed by atoms with Gasteiger partial charge in [0.1, 0.15) is 6.10 Å². The van der Waals surface area contributed by atoms with Crippen LogP contribution in [0.1, 0.15) is 31.2 Å². The molecule has 1 aliphatic carbocycles. The standard InChI is InChI=1S/C16H17N5O2S/c22-14-7-8-17-16-21(14)20-15(24-16)19-10-11-5-6-13(18-9-11)23-12-3-1-2-4-12/h5-9,12H,1-4,10H2,(H,19,20). The van der Waals surface area contributed by atoms with Gasteiger partial charge in [-0.3, -0.25) is 4.79 Å². The first-order chi connectivity index (χ1) is 11.8. The van der Waals surface area contributed by atoms with Crippen LogP contribution >= 0.6 is 11.3 Å². The molecule has 0 aromatic carbocycles. The summed E-state index contributed by atoms with van der Waals surface area (Å²) in [5, 5.41) is 8.06. The molecule has 1 aliphatic rings. The summed E-state index contributed by atoms with van der Waals surface area (Å²) in [6.07, 6.45) is 8.34. The van der Waals surface area contributed by atoms with Gasteiger partial charge in [-0.25, -0.2) is 9.97 Å². The number of anilines is 1. The zero-order valence-electron chi connectivity index (χ0n) is 13.0. The van der Waals surface area contributed by atoms with Crippen molar-refractivity contribution in [3.05, 3.63) is 46.5 Å². The molecule has 3 aromatic rings. The lowest BCUT2D eigenvalue weighted by Crippen LogP contribution is -2.13. The summed E-state index contributed by atoms with van der Waals surface area (Å²) in [7, 11) is 0. The van der Waals surface area contributed by atoms with Crippen LogP contribution in [0.4, 0.5) is 5.13 Å². The lowest BCUT2D eigenvalue weighted by Gasteiger charge is -2.12. The molecule has 1 N–H and O–H groups in total. The number of rotatable bonds is 5. The zero-order chi connectivity index (χ0) is 16.4. The van der Waals surface area contributed by atoms with Crippen LogP contribution in [0.15, 0.2) is 35.4 Å². The molecule has 3 aromatic heterocycles. The second kappa shape index (κ2) is 6.56. The molecule has 0 unspecified atom stereocenters. The molecular formula is C16H17N5O2S. The van der Waals surface area contributed by atoms with E-state index >= 15 is 0 Å². The van der Waals surface area contributed by atoms with E-state index in [0.29, 0.717) is 28.6 Å². The third-order valence-corrected chi connectivity index (χ3v) is 4.88. The van der Waals surface area contributed by atoms with Gasteiger partial charge in [-0.05, 0) is 31.2 Å². The maximum Gasteiger partial charge on any atom is 0.275 e. The lowest BCUT2D eigenvalue weighted by atomic mass is 10.3. The summed E-state index contributed by atoms with van der Waals surface area (Å²) < 4.78 is 7.15. The number of pyridine rings is 1. The van der Waals surface area contributed by atoms with Crippen LogP contribution in [0.3, 0.4) is 0 Å². The van der Waals surface area contributed by atoms with Crippen LogP contribution in [0, 0.1) is 0 Å². The molecule has 7 nitrogen and oxygen atoms in total. The molecule has 24 heavy (non-hydrogen) atoms. The number of hydrogen-bond acceptors (Lipinski definition) is 7. The number of fused-ring (bicyclic) bond motifs is 1. The van der Waals surface area contributed by atoms with E-state index in [0.717, 1.165) is 18.4 Å². The van der Waals surface area contributed by atoms with E-state index in [1.807, 2.05) is 12.1 Å². The summed E-state index contributed by atoms with van der Waals surface area (Å²) in [5.74, 6) is 0.682. The molecule has 0 spiro atoms. The molecule has 4 rings (SSSR count). The van der Waals surface area contributed by atoms with Gasteiger partial charge in [0.2, 0.25) is 16.0 Å². The Morgan fingerprint density at radius 2 is 2.12 bits per heavy atom. The minimum atomic E-state index is -0.181. The summed E-state index contributed by atoms with van der Waals surface area (Å²) in [5.41, 5.74) is 0.840. The molecule has 3 heterocycles. The molecule has 0 saturated heterocycles. The van der Waals surface area contributed by atoms with Crippen LogP contribution in [0.2, 0.25) is 0 Å².